The molecule has 3 heterocycles. The summed E-state index contributed by atoms with van der Waals surface area (Å²) in [7, 11) is 3.72. The Morgan fingerprint density at radius 2 is 1.77 bits per heavy atom. The molecule has 0 N–H and O–H groups in total. The summed E-state index contributed by atoms with van der Waals surface area (Å²) in [6.45, 7) is 1.17. The number of rotatable bonds is 1. The molecule has 3 heteroatoms. The summed E-state index contributed by atoms with van der Waals surface area (Å²) in [6, 6.07) is 15.7. The lowest BCUT2D eigenvalue weighted by Crippen LogP contribution is -2.34. The van der Waals surface area contributed by atoms with E-state index in [4.69, 9.17) is 8.22 Å². The third-order valence-corrected chi connectivity index (χ3v) is 6.18. The molecule has 2 aromatic carbocycles. The number of hydrogen-bond donors (Lipinski definition) is 0. The lowest BCUT2D eigenvalue weighted by molar-refractivity contribution is -0.664. The van der Waals surface area contributed by atoms with Gasteiger partial charge in [0.2, 0.25) is 5.65 Å². The number of pyridine rings is 1. The van der Waals surface area contributed by atoms with Crippen LogP contribution in [-0.4, -0.2) is 9.13 Å². The fourth-order valence-electron chi connectivity index (χ4n) is 4.53. The normalized spacial score (nSPS) is 16.3. The summed E-state index contributed by atoms with van der Waals surface area (Å²) in [4.78, 5) is 0. The van der Waals surface area contributed by atoms with Crippen molar-refractivity contribution in [2.45, 2.75) is 39.9 Å². The standard InChI is InChI=1S/C27H30N3/c1-17-18(2)30(26-24(17)22-10-8-9-11-23(22)29(26)7)25-21-13-12-20(27(3,4)5)16-19(21)14-15-28(25)6/h8-16H,1-7H3/q+1/i1D3,2D3. The first kappa shape index (κ1) is 13.3. The lowest BCUT2D eigenvalue weighted by Gasteiger charge is -2.19. The molecule has 0 aliphatic heterocycles. The first-order valence-corrected chi connectivity index (χ1v) is 10.2. The Hall–Kier alpha value is -3.07. The average molecular weight is 403 g/mol. The Morgan fingerprint density at radius 3 is 2.50 bits per heavy atom. The molecule has 0 spiro atoms. The number of aromatic nitrogens is 3. The fourth-order valence-corrected chi connectivity index (χ4v) is 4.53. The van der Waals surface area contributed by atoms with Crippen molar-refractivity contribution in [3.63, 3.8) is 0 Å². The van der Waals surface area contributed by atoms with Crippen molar-refractivity contribution in [2.75, 3.05) is 0 Å². The van der Waals surface area contributed by atoms with Gasteiger partial charge in [-0.1, -0.05) is 51.1 Å². The number of aryl methyl sites for hydroxylation is 3. The van der Waals surface area contributed by atoms with E-state index in [0.29, 0.717) is 16.9 Å². The molecule has 3 aromatic heterocycles. The molecule has 0 aliphatic carbocycles. The van der Waals surface area contributed by atoms with Crippen LogP contribution in [0.4, 0.5) is 0 Å². The van der Waals surface area contributed by atoms with Gasteiger partial charge in [0.15, 0.2) is 0 Å². The van der Waals surface area contributed by atoms with Gasteiger partial charge in [0.25, 0.3) is 5.82 Å². The predicted octanol–water partition coefficient (Wildman–Crippen LogP) is 6.01. The van der Waals surface area contributed by atoms with Crippen molar-refractivity contribution < 1.29 is 12.8 Å². The molecule has 0 saturated carbocycles. The molecule has 0 fully saturated rings. The van der Waals surface area contributed by atoms with E-state index in [1.54, 1.807) is 4.57 Å². The summed E-state index contributed by atoms with van der Waals surface area (Å²) in [5, 5.41) is 2.99. The van der Waals surface area contributed by atoms with Crippen LogP contribution in [0.3, 0.4) is 0 Å². The SMILES string of the molecule is [2H]C([2H])([2H])c1c(C([2H])([2H])[2H])n(-c2c3ccc(C(C)(C)C)cc3cc[n+]2C)c2c1c1ccccc1n2C. The van der Waals surface area contributed by atoms with E-state index in [1.807, 2.05) is 65.8 Å². The molecule has 30 heavy (non-hydrogen) atoms. The zero-order valence-electron chi connectivity index (χ0n) is 24.0. The summed E-state index contributed by atoms with van der Waals surface area (Å²) in [5.41, 5.74) is 2.22. The summed E-state index contributed by atoms with van der Waals surface area (Å²) in [5.74, 6) is 0.616. The van der Waals surface area contributed by atoms with Crippen molar-refractivity contribution >= 4 is 32.7 Å². The maximum absolute atomic E-state index is 8.47. The van der Waals surface area contributed by atoms with Crippen molar-refractivity contribution in [3.05, 3.63) is 71.5 Å². The monoisotopic (exact) mass is 402 g/mol. The van der Waals surface area contributed by atoms with E-state index in [2.05, 4.69) is 32.9 Å². The molecule has 5 rings (SSSR count). The van der Waals surface area contributed by atoms with Crippen LogP contribution in [0.25, 0.3) is 38.5 Å². The number of fused-ring (bicyclic) bond motifs is 4. The van der Waals surface area contributed by atoms with E-state index in [0.717, 1.165) is 27.2 Å². The molecular weight excluding hydrogens is 366 g/mol. The molecule has 0 amide bonds. The predicted molar refractivity (Wildman–Crippen MR) is 127 cm³/mol. The molecule has 0 atom stereocenters. The molecule has 0 radical (unpaired) electrons. The van der Waals surface area contributed by atoms with Crippen LogP contribution in [0.15, 0.2) is 54.7 Å². The first-order valence-electron chi connectivity index (χ1n) is 13.2. The molecule has 3 nitrogen and oxygen atoms in total. The highest BCUT2D eigenvalue weighted by Gasteiger charge is 2.28. The molecular formula is C27H30N3+. The van der Waals surface area contributed by atoms with Gasteiger partial charge in [-0.15, -0.1) is 0 Å². The molecule has 152 valence electrons. The fraction of sp³-hybridized carbons (Fsp3) is 0.296. The second-order valence-electron chi connectivity index (χ2n) is 9.14. The first-order chi connectivity index (χ1) is 16.6. The van der Waals surface area contributed by atoms with Crippen LogP contribution in [0, 0.1) is 13.7 Å². The van der Waals surface area contributed by atoms with Crippen LogP contribution in [0.1, 0.15) is 45.8 Å². The van der Waals surface area contributed by atoms with Crippen LogP contribution >= 0.6 is 0 Å². The number of nitrogens with zero attached hydrogens (tertiary/aromatic N) is 3. The summed E-state index contributed by atoms with van der Waals surface area (Å²) >= 11 is 0. The second-order valence-corrected chi connectivity index (χ2v) is 9.14. The highest BCUT2D eigenvalue weighted by Crippen LogP contribution is 2.37. The number of para-hydroxylation sites is 1. The molecule has 0 bridgehead atoms. The van der Waals surface area contributed by atoms with Gasteiger partial charge in [-0.25, -0.2) is 4.57 Å². The topological polar surface area (TPSA) is 13.7 Å². The van der Waals surface area contributed by atoms with Crippen LogP contribution in [0.5, 0.6) is 0 Å². The maximum Gasteiger partial charge on any atom is 0.295 e. The maximum atomic E-state index is 8.47. The minimum Gasteiger partial charge on any atom is -0.311 e. The van der Waals surface area contributed by atoms with E-state index < -0.39 is 13.7 Å². The third-order valence-electron chi connectivity index (χ3n) is 6.18. The van der Waals surface area contributed by atoms with Gasteiger partial charge in [0.1, 0.15) is 5.69 Å². The van der Waals surface area contributed by atoms with Gasteiger partial charge >= 0.3 is 0 Å². The highest BCUT2D eigenvalue weighted by atomic mass is 15.2. The average Bonchev–Trinajstić information content (AvgIpc) is 3.27. The van der Waals surface area contributed by atoms with Gasteiger partial charge in [-0.3, -0.25) is 0 Å². The van der Waals surface area contributed by atoms with Crippen molar-refractivity contribution in [1.29, 1.82) is 0 Å². The highest BCUT2D eigenvalue weighted by molar-refractivity contribution is 6.10. The zero-order chi connectivity index (χ0) is 26.4. The van der Waals surface area contributed by atoms with Crippen LogP contribution in [-0.2, 0) is 19.5 Å². The van der Waals surface area contributed by atoms with Crippen molar-refractivity contribution in [2.24, 2.45) is 14.1 Å². The summed E-state index contributed by atoms with van der Waals surface area (Å²) in [6.07, 6.45) is 1.90. The minimum absolute atomic E-state index is 0.0543. The Morgan fingerprint density at radius 1 is 0.967 bits per heavy atom. The van der Waals surface area contributed by atoms with Gasteiger partial charge in [-0.2, -0.15) is 4.57 Å². The Kier molecular flexibility index (Phi) is 2.75. The number of hydrogen-bond acceptors (Lipinski definition) is 0. The molecule has 0 aliphatic rings. The third kappa shape index (κ3) is 2.48. The Labute approximate surface area is 186 Å². The van der Waals surface area contributed by atoms with Crippen molar-refractivity contribution in [3.8, 4) is 5.82 Å². The van der Waals surface area contributed by atoms with Gasteiger partial charge in [0, 0.05) is 26.2 Å². The largest absolute Gasteiger partial charge is 0.311 e. The van der Waals surface area contributed by atoms with E-state index >= 15 is 0 Å². The van der Waals surface area contributed by atoms with Crippen LogP contribution < -0.4 is 4.57 Å². The van der Waals surface area contributed by atoms with Crippen LogP contribution in [0.2, 0.25) is 0 Å². The quantitative estimate of drug-likeness (QED) is 0.305. The smallest absolute Gasteiger partial charge is 0.295 e. The van der Waals surface area contributed by atoms with Gasteiger partial charge in [-0.05, 0) is 48.3 Å². The number of benzene rings is 2. The van der Waals surface area contributed by atoms with Crippen molar-refractivity contribution in [1.82, 2.24) is 9.13 Å². The molecule has 5 aromatic rings. The minimum atomic E-state index is -2.66. The molecule has 0 unspecified atom stereocenters. The van der Waals surface area contributed by atoms with Gasteiger partial charge < -0.3 is 4.57 Å². The Bertz CT molecular complexity index is 1660. The van der Waals surface area contributed by atoms with E-state index in [-0.39, 0.29) is 16.7 Å². The zero-order valence-corrected chi connectivity index (χ0v) is 18.0. The lowest BCUT2D eigenvalue weighted by atomic mass is 9.86. The van der Waals surface area contributed by atoms with E-state index in [1.165, 1.54) is 0 Å². The second kappa shape index (κ2) is 6.21. The van der Waals surface area contributed by atoms with Gasteiger partial charge in [0.05, 0.1) is 29.5 Å². The molecule has 0 saturated heterocycles. The van der Waals surface area contributed by atoms with E-state index in [9.17, 15) is 0 Å². The Balaban J connectivity index is 2.06. The summed E-state index contributed by atoms with van der Waals surface area (Å²) < 4.78 is 56.1.